The summed E-state index contributed by atoms with van der Waals surface area (Å²) in [5.74, 6) is -1.44. The van der Waals surface area contributed by atoms with E-state index in [4.69, 9.17) is 5.73 Å². The largest absolute Gasteiger partial charge is 0.481 e. The van der Waals surface area contributed by atoms with Gasteiger partial charge in [0.05, 0.1) is 12.0 Å². The maximum Gasteiger partial charge on any atom is 0.306 e. The van der Waals surface area contributed by atoms with Gasteiger partial charge < -0.3 is 16.2 Å². The summed E-state index contributed by atoms with van der Waals surface area (Å²) in [6.45, 7) is 4.59. The fourth-order valence-corrected chi connectivity index (χ4v) is 2.44. The van der Waals surface area contributed by atoms with Crippen LogP contribution in [-0.2, 0) is 9.59 Å². The number of carbonyl (C=O) groups is 2. The van der Waals surface area contributed by atoms with Crippen molar-refractivity contribution in [3.63, 3.8) is 0 Å². The molecule has 1 amide bonds. The molecule has 0 spiro atoms. The second-order valence-corrected chi connectivity index (χ2v) is 5.70. The Morgan fingerprint density at radius 1 is 1.05 bits per heavy atom. The zero-order valence-electron chi connectivity index (χ0n) is 13.6. The van der Waals surface area contributed by atoms with Crippen LogP contribution in [0.5, 0.6) is 0 Å². The maximum absolute atomic E-state index is 11.2. The van der Waals surface area contributed by atoms with Gasteiger partial charge in [-0.1, -0.05) is 52.4 Å². The van der Waals surface area contributed by atoms with Crippen LogP contribution in [-0.4, -0.2) is 29.6 Å². The van der Waals surface area contributed by atoms with Gasteiger partial charge in [0.1, 0.15) is 0 Å². The minimum absolute atomic E-state index is 0.325. The van der Waals surface area contributed by atoms with Gasteiger partial charge in [-0.15, -0.1) is 0 Å². The lowest BCUT2D eigenvalue weighted by molar-refractivity contribution is -0.142. The third-order valence-corrected chi connectivity index (χ3v) is 3.89. The molecule has 0 bridgehead atoms. The zero-order valence-corrected chi connectivity index (χ0v) is 13.6. The topological polar surface area (TPSA) is 92.4 Å². The van der Waals surface area contributed by atoms with Crippen molar-refractivity contribution in [3.05, 3.63) is 0 Å². The Balaban J connectivity index is 3.87. The van der Waals surface area contributed by atoms with Crippen LogP contribution in [0.1, 0.15) is 71.6 Å². The number of carboxylic acids is 1. The second-order valence-electron chi connectivity index (χ2n) is 5.70. The summed E-state index contributed by atoms with van der Waals surface area (Å²) in [6.07, 6.45) is 8.89. The first-order chi connectivity index (χ1) is 10.0. The Morgan fingerprint density at radius 2 is 1.67 bits per heavy atom. The number of carbonyl (C=O) groups excluding carboxylic acids is 1. The van der Waals surface area contributed by atoms with E-state index in [0.717, 1.165) is 19.3 Å². The lowest BCUT2D eigenvalue weighted by atomic mass is 9.97. The molecule has 21 heavy (non-hydrogen) atoms. The fourth-order valence-electron chi connectivity index (χ4n) is 2.44. The minimum atomic E-state index is -0.738. The van der Waals surface area contributed by atoms with E-state index in [-0.39, 0.29) is 17.9 Å². The molecule has 4 N–H and O–H groups in total. The molecule has 0 heterocycles. The Kier molecular flexibility index (Phi) is 12.0. The first-order valence-electron chi connectivity index (χ1n) is 8.28. The molecule has 1 unspecified atom stereocenters. The van der Waals surface area contributed by atoms with Crippen LogP contribution < -0.4 is 11.1 Å². The zero-order chi connectivity index (χ0) is 16.1. The molecule has 0 saturated heterocycles. The molecule has 5 nitrogen and oxygen atoms in total. The average Bonchev–Trinajstić information content (AvgIpc) is 2.44. The number of nitrogens with one attached hydrogen (secondary N) is 1. The van der Waals surface area contributed by atoms with Gasteiger partial charge >= 0.3 is 5.97 Å². The lowest BCUT2D eigenvalue weighted by Gasteiger charge is -2.16. The van der Waals surface area contributed by atoms with E-state index in [0.29, 0.717) is 19.4 Å². The van der Waals surface area contributed by atoms with Crippen molar-refractivity contribution in [3.8, 4) is 0 Å². The Morgan fingerprint density at radius 3 is 2.19 bits per heavy atom. The molecule has 0 aromatic rings. The molecule has 2 atom stereocenters. The standard InChI is InChI=1S/C16H32N2O3/c1-3-5-6-7-8-9-10-13(16(20)21)11-12-18-14(4-2)15(17)19/h13-14,18H,3-12H2,1-2H3,(H2,17,19)(H,20,21)/t13?,14-/m0/s1. The van der Waals surface area contributed by atoms with Crippen molar-refractivity contribution < 1.29 is 14.7 Å². The van der Waals surface area contributed by atoms with Crippen LogP contribution in [0.3, 0.4) is 0 Å². The molecule has 5 heteroatoms. The van der Waals surface area contributed by atoms with Gasteiger partial charge in [-0.25, -0.2) is 0 Å². The van der Waals surface area contributed by atoms with Crippen molar-refractivity contribution in [1.82, 2.24) is 5.32 Å². The molecule has 0 aromatic carbocycles. The first-order valence-corrected chi connectivity index (χ1v) is 8.28. The lowest BCUT2D eigenvalue weighted by Crippen LogP contribution is -2.41. The van der Waals surface area contributed by atoms with E-state index >= 15 is 0 Å². The third kappa shape index (κ3) is 10.3. The quantitative estimate of drug-likeness (QED) is 0.430. The fraction of sp³-hybridized carbons (Fsp3) is 0.875. The smallest absolute Gasteiger partial charge is 0.306 e. The summed E-state index contributed by atoms with van der Waals surface area (Å²) in [6, 6.07) is -0.353. The van der Waals surface area contributed by atoms with Crippen molar-refractivity contribution >= 4 is 11.9 Å². The van der Waals surface area contributed by atoms with Crippen molar-refractivity contribution in [2.75, 3.05) is 6.54 Å². The summed E-state index contributed by atoms with van der Waals surface area (Å²) in [4.78, 5) is 22.3. The number of unbranched alkanes of at least 4 members (excludes halogenated alkanes) is 5. The van der Waals surface area contributed by atoms with Gasteiger partial charge in [0.25, 0.3) is 0 Å². The summed E-state index contributed by atoms with van der Waals surface area (Å²) < 4.78 is 0. The number of rotatable bonds is 14. The minimum Gasteiger partial charge on any atom is -0.481 e. The highest BCUT2D eigenvalue weighted by atomic mass is 16.4. The monoisotopic (exact) mass is 300 g/mol. The molecule has 0 radical (unpaired) electrons. The van der Waals surface area contributed by atoms with Crippen molar-refractivity contribution in [2.45, 2.75) is 77.7 Å². The van der Waals surface area contributed by atoms with E-state index in [1.807, 2.05) is 6.92 Å². The van der Waals surface area contributed by atoms with E-state index < -0.39 is 5.97 Å². The SMILES string of the molecule is CCCCCCCCC(CCN[C@@H](CC)C(N)=O)C(=O)O. The molecule has 0 aromatic heterocycles. The average molecular weight is 300 g/mol. The van der Waals surface area contributed by atoms with Crippen LogP contribution in [0.15, 0.2) is 0 Å². The highest BCUT2D eigenvalue weighted by molar-refractivity contribution is 5.79. The molecular formula is C16H32N2O3. The normalized spacial score (nSPS) is 13.8. The van der Waals surface area contributed by atoms with Gasteiger partial charge in [0, 0.05) is 0 Å². The summed E-state index contributed by atoms with van der Waals surface area (Å²) >= 11 is 0. The molecule has 0 aliphatic heterocycles. The van der Waals surface area contributed by atoms with Crippen LogP contribution in [0.25, 0.3) is 0 Å². The predicted molar refractivity (Wildman–Crippen MR) is 85.0 cm³/mol. The highest BCUT2D eigenvalue weighted by Crippen LogP contribution is 2.15. The molecule has 0 fully saturated rings. The van der Waals surface area contributed by atoms with E-state index in [9.17, 15) is 14.7 Å². The molecule has 124 valence electrons. The molecular weight excluding hydrogens is 268 g/mol. The third-order valence-electron chi connectivity index (χ3n) is 3.89. The second kappa shape index (κ2) is 12.6. The maximum atomic E-state index is 11.2. The molecule has 0 aliphatic rings. The van der Waals surface area contributed by atoms with Crippen LogP contribution >= 0.6 is 0 Å². The Labute approximate surface area is 128 Å². The predicted octanol–water partition coefficient (Wildman–Crippen LogP) is 2.68. The number of hydrogen-bond donors (Lipinski definition) is 3. The van der Waals surface area contributed by atoms with Gasteiger partial charge in [-0.3, -0.25) is 9.59 Å². The number of nitrogens with two attached hydrogens (primary N) is 1. The summed E-state index contributed by atoms with van der Waals surface area (Å²) in [5.41, 5.74) is 5.24. The van der Waals surface area contributed by atoms with Gasteiger partial charge in [-0.2, -0.15) is 0 Å². The van der Waals surface area contributed by atoms with Gasteiger partial charge in [0.15, 0.2) is 0 Å². The van der Waals surface area contributed by atoms with E-state index in [1.165, 1.54) is 25.7 Å². The number of primary amides is 1. The van der Waals surface area contributed by atoms with Crippen LogP contribution in [0.4, 0.5) is 0 Å². The van der Waals surface area contributed by atoms with E-state index in [1.54, 1.807) is 0 Å². The van der Waals surface area contributed by atoms with Gasteiger partial charge in [-0.05, 0) is 25.8 Å². The summed E-state index contributed by atoms with van der Waals surface area (Å²) in [7, 11) is 0. The van der Waals surface area contributed by atoms with Crippen LogP contribution in [0.2, 0.25) is 0 Å². The Bertz CT molecular complexity index is 295. The number of aliphatic carboxylic acids is 1. The molecule has 0 rings (SSSR count). The first kappa shape index (κ1) is 19.9. The van der Waals surface area contributed by atoms with Crippen LogP contribution in [0, 0.1) is 5.92 Å². The highest BCUT2D eigenvalue weighted by Gasteiger charge is 2.18. The van der Waals surface area contributed by atoms with Crippen molar-refractivity contribution in [2.24, 2.45) is 11.7 Å². The number of hydrogen-bond acceptors (Lipinski definition) is 3. The Hall–Kier alpha value is -1.10. The van der Waals surface area contributed by atoms with E-state index in [2.05, 4.69) is 12.2 Å². The molecule has 0 saturated carbocycles. The number of carboxylic acid groups (broad SMARTS) is 1. The van der Waals surface area contributed by atoms with Crippen molar-refractivity contribution in [1.29, 1.82) is 0 Å². The molecule has 0 aliphatic carbocycles. The van der Waals surface area contributed by atoms with Gasteiger partial charge in [0.2, 0.25) is 5.91 Å². The summed E-state index contributed by atoms with van der Waals surface area (Å²) in [5, 5.41) is 12.3. The number of amides is 1.